The molecule has 8 heteroatoms. The third-order valence-electron chi connectivity index (χ3n) is 7.48. The molecule has 4 amide bonds. The second kappa shape index (κ2) is 8.61. The van der Waals surface area contributed by atoms with Gasteiger partial charge in [0.2, 0.25) is 17.7 Å². The van der Waals surface area contributed by atoms with Gasteiger partial charge in [-0.1, -0.05) is 33.6 Å². The van der Waals surface area contributed by atoms with Gasteiger partial charge in [-0.3, -0.25) is 24.1 Å². The molecular formula is C24H33N3O4S. The van der Waals surface area contributed by atoms with Crippen molar-refractivity contribution in [3.63, 3.8) is 0 Å². The van der Waals surface area contributed by atoms with Crippen molar-refractivity contribution in [3.8, 4) is 0 Å². The van der Waals surface area contributed by atoms with E-state index in [4.69, 9.17) is 5.73 Å². The van der Waals surface area contributed by atoms with Crippen molar-refractivity contribution in [2.45, 2.75) is 72.1 Å². The van der Waals surface area contributed by atoms with Gasteiger partial charge in [-0.05, 0) is 49.0 Å². The van der Waals surface area contributed by atoms with Gasteiger partial charge in [0.15, 0.2) is 0 Å². The summed E-state index contributed by atoms with van der Waals surface area (Å²) >= 11 is 1.43. The van der Waals surface area contributed by atoms with Crippen LogP contribution in [0.2, 0.25) is 0 Å². The Morgan fingerprint density at radius 2 is 1.72 bits per heavy atom. The molecule has 7 nitrogen and oxygen atoms in total. The Morgan fingerprint density at radius 1 is 1.09 bits per heavy atom. The van der Waals surface area contributed by atoms with Crippen LogP contribution in [0.3, 0.4) is 0 Å². The number of thiophene rings is 1. The van der Waals surface area contributed by atoms with Crippen LogP contribution >= 0.6 is 11.3 Å². The minimum atomic E-state index is -0.527. The van der Waals surface area contributed by atoms with E-state index in [1.54, 1.807) is 0 Å². The van der Waals surface area contributed by atoms with Gasteiger partial charge in [0.1, 0.15) is 5.00 Å². The van der Waals surface area contributed by atoms with Crippen LogP contribution in [0.15, 0.2) is 0 Å². The van der Waals surface area contributed by atoms with Crippen LogP contribution in [0, 0.1) is 23.2 Å². The molecule has 174 valence electrons. The number of amides is 4. The molecule has 2 heterocycles. The van der Waals surface area contributed by atoms with E-state index in [1.165, 1.54) is 16.2 Å². The van der Waals surface area contributed by atoms with E-state index in [1.807, 2.05) is 0 Å². The minimum Gasteiger partial charge on any atom is -0.365 e. The second-order valence-corrected chi connectivity index (χ2v) is 11.6. The van der Waals surface area contributed by atoms with E-state index in [-0.39, 0.29) is 47.9 Å². The number of hydrogen-bond acceptors (Lipinski definition) is 5. The fourth-order valence-electron chi connectivity index (χ4n) is 5.53. The van der Waals surface area contributed by atoms with Gasteiger partial charge in [0, 0.05) is 17.8 Å². The molecule has 0 unspecified atom stereocenters. The minimum absolute atomic E-state index is 0.0162. The zero-order valence-corrected chi connectivity index (χ0v) is 20.0. The lowest BCUT2D eigenvalue weighted by Gasteiger charge is -2.33. The largest absolute Gasteiger partial charge is 0.365 e. The predicted molar refractivity (Wildman–Crippen MR) is 123 cm³/mol. The zero-order chi connectivity index (χ0) is 23.2. The molecule has 0 spiro atoms. The highest BCUT2D eigenvalue weighted by atomic mass is 32.1. The number of nitrogens with two attached hydrogens (primary N) is 1. The molecule has 1 aromatic rings. The summed E-state index contributed by atoms with van der Waals surface area (Å²) in [7, 11) is 0. The predicted octanol–water partition coefficient (Wildman–Crippen LogP) is 3.50. The zero-order valence-electron chi connectivity index (χ0n) is 19.2. The molecule has 0 bridgehead atoms. The van der Waals surface area contributed by atoms with Crippen LogP contribution < -0.4 is 11.1 Å². The van der Waals surface area contributed by atoms with Crippen molar-refractivity contribution < 1.29 is 19.2 Å². The third-order valence-corrected chi connectivity index (χ3v) is 8.65. The van der Waals surface area contributed by atoms with Crippen molar-refractivity contribution in [1.29, 1.82) is 0 Å². The van der Waals surface area contributed by atoms with Gasteiger partial charge >= 0.3 is 0 Å². The number of imide groups is 1. The lowest BCUT2D eigenvalue weighted by Crippen LogP contribution is -2.34. The van der Waals surface area contributed by atoms with Crippen LogP contribution in [-0.4, -0.2) is 35.1 Å². The summed E-state index contributed by atoms with van der Waals surface area (Å²) in [6.07, 6.45) is 6.13. The summed E-state index contributed by atoms with van der Waals surface area (Å²) in [5, 5.41) is 3.34. The molecule has 4 rings (SSSR count). The Balaban J connectivity index is 1.44. The molecule has 2 aliphatic carbocycles. The summed E-state index contributed by atoms with van der Waals surface area (Å²) in [5.41, 5.74) is 7.23. The number of anilines is 1. The molecule has 2 fully saturated rings. The number of carbonyl (C=O) groups excluding carboxylic acids is 4. The number of rotatable bonds is 5. The highest BCUT2D eigenvalue weighted by Crippen LogP contribution is 2.44. The number of likely N-dealkylation sites (tertiary alicyclic amines) is 1. The van der Waals surface area contributed by atoms with E-state index < -0.39 is 5.91 Å². The van der Waals surface area contributed by atoms with Gasteiger partial charge in [-0.2, -0.15) is 0 Å². The Morgan fingerprint density at radius 3 is 2.28 bits per heavy atom. The second-order valence-electron chi connectivity index (χ2n) is 10.5. The van der Waals surface area contributed by atoms with Crippen LogP contribution in [0.4, 0.5) is 5.00 Å². The topological polar surface area (TPSA) is 110 Å². The van der Waals surface area contributed by atoms with E-state index in [0.29, 0.717) is 16.5 Å². The molecule has 0 aromatic carbocycles. The van der Waals surface area contributed by atoms with E-state index in [0.717, 1.165) is 55.4 Å². The van der Waals surface area contributed by atoms with Crippen molar-refractivity contribution in [1.82, 2.24) is 4.90 Å². The van der Waals surface area contributed by atoms with Crippen molar-refractivity contribution >= 4 is 40.0 Å². The molecule has 3 aliphatic rings. The monoisotopic (exact) mass is 459 g/mol. The normalized spacial score (nSPS) is 25.5. The number of primary amides is 1. The molecule has 3 N–H and O–H groups in total. The van der Waals surface area contributed by atoms with E-state index in [2.05, 4.69) is 26.1 Å². The van der Waals surface area contributed by atoms with Crippen LogP contribution in [-0.2, 0) is 27.2 Å². The lowest BCUT2D eigenvalue weighted by molar-refractivity contribution is -0.140. The fourth-order valence-corrected chi connectivity index (χ4v) is 6.88. The average molecular weight is 460 g/mol. The van der Waals surface area contributed by atoms with Crippen molar-refractivity contribution in [2.24, 2.45) is 28.9 Å². The first-order chi connectivity index (χ1) is 15.1. The van der Waals surface area contributed by atoms with Gasteiger partial charge in [-0.25, -0.2) is 0 Å². The SMILES string of the molecule is CC(C)(C)[C@@H]1CCc2c(sc(NC(=O)CCN3C(=O)[C@@H]4CCCC[C@H]4C3=O)c2C(N)=O)C1. The number of nitrogens with zero attached hydrogens (tertiary/aromatic N) is 1. The molecule has 3 atom stereocenters. The standard InChI is InChI=1S/C24H33N3O4S/c1-24(2,3)13-8-9-16-17(12-13)32-21(19(16)20(25)29)26-18(28)10-11-27-22(30)14-6-4-5-7-15(14)23(27)31/h13-15H,4-12H2,1-3H3,(H2,25,29)(H,26,28)/t13-,14-,15-/m1/s1. The fraction of sp³-hybridized carbons (Fsp3) is 0.667. The van der Waals surface area contributed by atoms with Crippen LogP contribution in [0.1, 0.15) is 80.1 Å². The molecule has 1 aliphatic heterocycles. The highest BCUT2D eigenvalue weighted by Gasteiger charge is 2.47. The molecule has 1 saturated heterocycles. The third kappa shape index (κ3) is 4.21. The summed E-state index contributed by atoms with van der Waals surface area (Å²) in [6.45, 7) is 6.76. The van der Waals surface area contributed by atoms with Gasteiger partial charge in [0.05, 0.1) is 17.4 Å². The first-order valence-corrected chi connectivity index (χ1v) is 12.5. The molecule has 0 radical (unpaired) electrons. The van der Waals surface area contributed by atoms with Gasteiger partial charge < -0.3 is 11.1 Å². The number of carbonyl (C=O) groups is 4. The summed E-state index contributed by atoms with van der Waals surface area (Å²) < 4.78 is 0. The number of nitrogens with one attached hydrogen (secondary N) is 1. The summed E-state index contributed by atoms with van der Waals surface area (Å²) in [6, 6.07) is 0. The smallest absolute Gasteiger partial charge is 0.251 e. The van der Waals surface area contributed by atoms with Crippen molar-refractivity contribution in [2.75, 3.05) is 11.9 Å². The molecule has 1 aromatic heterocycles. The Labute approximate surface area is 193 Å². The Hall–Kier alpha value is -2.22. The Kier molecular flexibility index (Phi) is 6.18. The first-order valence-electron chi connectivity index (χ1n) is 11.7. The number of fused-ring (bicyclic) bond motifs is 2. The van der Waals surface area contributed by atoms with E-state index in [9.17, 15) is 19.2 Å². The molecule has 32 heavy (non-hydrogen) atoms. The molecular weight excluding hydrogens is 426 g/mol. The van der Waals surface area contributed by atoms with Crippen molar-refractivity contribution in [3.05, 3.63) is 16.0 Å². The average Bonchev–Trinajstić information content (AvgIpc) is 3.20. The number of hydrogen-bond donors (Lipinski definition) is 2. The first kappa shape index (κ1) is 23.0. The van der Waals surface area contributed by atoms with Gasteiger partial charge in [0.25, 0.3) is 5.91 Å². The maximum absolute atomic E-state index is 12.7. The lowest BCUT2D eigenvalue weighted by atomic mass is 9.72. The quantitative estimate of drug-likeness (QED) is 0.657. The maximum atomic E-state index is 12.7. The van der Waals surface area contributed by atoms with Crippen LogP contribution in [0.25, 0.3) is 0 Å². The summed E-state index contributed by atoms with van der Waals surface area (Å²) in [5.74, 6) is -1.01. The maximum Gasteiger partial charge on any atom is 0.251 e. The van der Waals surface area contributed by atoms with E-state index >= 15 is 0 Å². The van der Waals surface area contributed by atoms with Crippen LogP contribution in [0.5, 0.6) is 0 Å². The summed E-state index contributed by atoms with van der Waals surface area (Å²) in [4.78, 5) is 52.5. The highest BCUT2D eigenvalue weighted by molar-refractivity contribution is 7.17. The molecule has 1 saturated carbocycles. The Bertz CT molecular complexity index is 937. The van der Waals surface area contributed by atoms with Gasteiger partial charge in [-0.15, -0.1) is 11.3 Å².